The molecular weight excluding hydrogens is 136 g/mol. The van der Waals surface area contributed by atoms with E-state index in [0.29, 0.717) is 0 Å². The molecule has 4 heavy (non-hydrogen) atoms. The van der Waals surface area contributed by atoms with E-state index in [4.69, 9.17) is 0 Å². The minimum Gasteiger partial charge on any atom is -0.412 e. The summed E-state index contributed by atoms with van der Waals surface area (Å²) in [5, 5.41) is 0. The molecule has 0 aliphatic heterocycles. The van der Waals surface area contributed by atoms with Gasteiger partial charge in [-0.25, -0.2) is 0 Å². The molecule has 0 fully saturated rings. The number of hydrogen-bond acceptors (Lipinski definition) is 0. The molecule has 0 rings (SSSR count). The molecule has 4 N–H and O–H groups in total. The van der Waals surface area contributed by atoms with Gasteiger partial charge in [-0.2, -0.15) is 0 Å². The third-order valence-electron chi connectivity index (χ3n) is 0. The van der Waals surface area contributed by atoms with Gasteiger partial charge in [0.15, 0.2) is 0 Å². The van der Waals surface area contributed by atoms with Gasteiger partial charge in [0.1, 0.15) is 0 Å². The van der Waals surface area contributed by atoms with Gasteiger partial charge in [-0.05, 0) is 0 Å². The molecule has 0 bridgehead atoms. The van der Waals surface area contributed by atoms with E-state index in [9.17, 15) is 0 Å². The Morgan fingerprint density at radius 1 is 0.750 bits per heavy atom. The molecule has 0 saturated carbocycles. The summed E-state index contributed by atoms with van der Waals surface area (Å²) < 4.78 is 0. The van der Waals surface area contributed by atoms with Crippen molar-refractivity contribution in [3.8, 4) is 0 Å². The Labute approximate surface area is 49.9 Å². The fraction of sp³-hybridized carbons (Fsp3) is 0. The van der Waals surface area contributed by atoms with Crippen molar-refractivity contribution in [2.24, 2.45) is 0 Å². The zero-order valence-corrected chi connectivity index (χ0v) is 4.52. The van der Waals surface area contributed by atoms with Crippen molar-refractivity contribution in [1.82, 2.24) is 0 Å². The molecule has 0 aliphatic rings. The van der Waals surface area contributed by atoms with Crippen LogP contribution in [0.15, 0.2) is 0 Å². The predicted octanol–water partition coefficient (Wildman–Crippen LogP) is -1.65. The average molecular weight is 140 g/mol. The monoisotopic (exact) mass is 140 g/mol. The topological polar surface area (TPSA) is 63.0 Å². The van der Waals surface area contributed by atoms with Crippen molar-refractivity contribution in [1.29, 1.82) is 0 Å². The summed E-state index contributed by atoms with van der Waals surface area (Å²) >= 11 is 0. The Kier molecular flexibility index (Phi) is 518. The van der Waals surface area contributed by atoms with Crippen molar-refractivity contribution in [3.63, 3.8) is 0 Å². The van der Waals surface area contributed by atoms with E-state index < -0.39 is 0 Å². The van der Waals surface area contributed by atoms with E-state index in [1.165, 1.54) is 0 Å². The second-order valence-corrected chi connectivity index (χ2v) is 0. The molecule has 28 valence electrons. The molecule has 0 radical (unpaired) electrons. The van der Waals surface area contributed by atoms with E-state index >= 15 is 0 Å². The third kappa shape index (κ3) is 11.0. The maximum absolute atomic E-state index is 0. The molecule has 0 atom stereocenters. The van der Waals surface area contributed by atoms with E-state index in [1.54, 1.807) is 0 Å². The first kappa shape index (κ1) is 66.8. The first-order valence-corrected chi connectivity index (χ1v) is 0. The number of hydrogen-bond donors (Lipinski definition) is 0. The molecule has 4 heteroatoms. The summed E-state index contributed by atoms with van der Waals surface area (Å²) in [7, 11) is 0. The Morgan fingerprint density at radius 3 is 0.750 bits per heavy atom. The maximum Gasteiger partial charge on any atom is 0 e. The molecule has 0 spiro atoms. The van der Waals surface area contributed by atoms with Crippen LogP contribution in [0.25, 0.3) is 0 Å². The molecule has 0 aromatic rings. The third-order valence-corrected chi connectivity index (χ3v) is 0. The van der Waals surface area contributed by atoms with Crippen LogP contribution in [0.3, 0.4) is 0 Å². The molecule has 0 aliphatic carbocycles. The van der Waals surface area contributed by atoms with Gasteiger partial charge in [-0.1, -0.05) is 0 Å². The van der Waals surface area contributed by atoms with Crippen LogP contribution in [0, 0.1) is 0 Å². The summed E-state index contributed by atoms with van der Waals surface area (Å²) in [4.78, 5) is 0. The van der Waals surface area contributed by atoms with Crippen molar-refractivity contribution in [2.75, 3.05) is 0 Å². The smallest absolute Gasteiger partial charge is 0 e. The Hall–Kier alpha value is 1.15. The molecule has 0 aromatic heterocycles. The average Bonchev–Trinajstić information content (AvgIpc) is 0. The van der Waals surface area contributed by atoms with Crippen LogP contribution < -0.4 is 0 Å². The molecule has 0 saturated heterocycles. The van der Waals surface area contributed by atoms with E-state index in [2.05, 4.69) is 0 Å². The van der Waals surface area contributed by atoms with Crippen LogP contribution in [-0.4, -0.2) is 11.0 Å². The molecule has 0 aromatic carbocycles. The minimum absolute atomic E-state index is 0. The molecule has 0 amide bonds. The largest absolute Gasteiger partial charge is 0.412 e. The summed E-state index contributed by atoms with van der Waals surface area (Å²) in [5.74, 6) is 0. The Balaban J connectivity index is 0. The molecule has 0 heterocycles. The van der Waals surface area contributed by atoms with Gasteiger partial charge in [0.05, 0.1) is 0 Å². The van der Waals surface area contributed by atoms with Crippen LogP contribution in [0.2, 0.25) is 0 Å². The van der Waals surface area contributed by atoms with Crippen molar-refractivity contribution < 1.29 is 49.7 Å². The normalized spacial score (nSPS) is 0. The molecule has 0 unspecified atom stereocenters. The molecular formula is H4FeO2Ti. The van der Waals surface area contributed by atoms with Gasteiger partial charge in [-0.3, -0.25) is 0 Å². The van der Waals surface area contributed by atoms with Crippen LogP contribution in [0.5, 0.6) is 0 Å². The van der Waals surface area contributed by atoms with E-state index in [-0.39, 0.29) is 49.7 Å². The SMILES string of the molecule is O.O.[Fe].[Ti]. The van der Waals surface area contributed by atoms with Crippen LogP contribution >= 0.6 is 0 Å². The summed E-state index contributed by atoms with van der Waals surface area (Å²) in [6, 6.07) is 0. The van der Waals surface area contributed by atoms with Crippen molar-refractivity contribution in [3.05, 3.63) is 0 Å². The molecule has 2 nitrogen and oxygen atoms in total. The second kappa shape index (κ2) is 31.0. The van der Waals surface area contributed by atoms with Crippen molar-refractivity contribution in [2.45, 2.75) is 0 Å². The summed E-state index contributed by atoms with van der Waals surface area (Å²) in [6.45, 7) is 0. The minimum atomic E-state index is 0. The summed E-state index contributed by atoms with van der Waals surface area (Å²) in [5.41, 5.74) is 0. The second-order valence-electron chi connectivity index (χ2n) is 0. The first-order chi connectivity index (χ1) is 0. The van der Waals surface area contributed by atoms with Gasteiger partial charge in [0.25, 0.3) is 0 Å². The van der Waals surface area contributed by atoms with Gasteiger partial charge in [0.2, 0.25) is 0 Å². The van der Waals surface area contributed by atoms with E-state index in [1.807, 2.05) is 0 Å². The standard InChI is InChI=1S/Fe.2H2O.Ti/h;2*1H2;. The summed E-state index contributed by atoms with van der Waals surface area (Å²) in [6.07, 6.45) is 0. The Morgan fingerprint density at radius 2 is 0.750 bits per heavy atom. The van der Waals surface area contributed by atoms with E-state index in [0.717, 1.165) is 0 Å². The first-order valence-electron chi connectivity index (χ1n) is 0. The maximum atomic E-state index is 0. The van der Waals surface area contributed by atoms with Gasteiger partial charge < -0.3 is 11.0 Å². The van der Waals surface area contributed by atoms with Crippen LogP contribution in [0.1, 0.15) is 0 Å². The fourth-order valence-electron chi connectivity index (χ4n) is 0. The van der Waals surface area contributed by atoms with Gasteiger partial charge >= 0.3 is 0 Å². The van der Waals surface area contributed by atoms with Crippen molar-refractivity contribution >= 4 is 0 Å². The van der Waals surface area contributed by atoms with Gasteiger partial charge in [-0.15, -0.1) is 0 Å². The predicted molar refractivity (Wildman–Crippen MR) is 7.23 cm³/mol. The van der Waals surface area contributed by atoms with Crippen LogP contribution in [-0.2, 0) is 38.8 Å². The zero-order chi connectivity index (χ0) is 0. The fourth-order valence-corrected chi connectivity index (χ4v) is 0. The quantitative estimate of drug-likeness (QED) is 0.361. The number of rotatable bonds is 0. The van der Waals surface area contributed by atoms with Crippen LogP contribution in [0.4, 0.5) is 0 Å². The van der Waals surface area contributed by atoms with Gasteiger partial charge in [0, 0.05) is 38.8 Å². The Bertz CT molecular complexity index is 6.00. The zero-order valence-electron chi connectivity index (χ0n) is 1.85.